The molecule has 1 aromatic carbocycles. The number of carbonyl (C=O) groups excluding carboxylic acids is 1. The van der Waals surface area contributed by atoms with E-state index in [9.17, 15) is 9.90 Å². The van der Waals surface area contributed by atoms with Gasteiger partial charge in [-0.05, 0) is 30.2 Å². The minimum Gasteiger partial charge on any atom is -0.508 e. The molecule has 0 aliphatic carbocycles. The Morgan fingerprint density at radius 2 is 2.10 bits per heavy atom. The number of fused-ring (bicyclic) bond motifs is 1. The number of allylic oxidation sites excluding steroid dienone is 1. The predicted molar refractivity (Wildman–Crippen MR) is 120 cm³/mol. The van der Waals surface area contributed by atoms with Gasteiger partial charge in [-0.25, -0.2) is 0 Å². The molecule has 1 atom stereocenters. The van der Waals surface area contributed by atoms with Crippen LogP contribution in [0, 0.1) is 0 Å². The van der Waals surface area contributed by atoms with E-state index in [1.54, 1.807) is 6.08 Å². The van der Waals surface area contributed by atoms with Gasteiger partial charge in [0.2, 0.25) is 5.91 Å². The van der Waals surface area contributed by atoms with Crippen molar-refractivity contribution in [3.8, 4) is 0 Å². The Labute approximate surface area is 176 Å². The van der Waals surface area contributed by atoms with Crippen LogP contribution in [0.2, 0.25) is 0 Å². The zero-order valence-corrected chi connectivity index (χ0v) is 17.0. The number of aryl methyl sites for hydroxylation is 1. The van der Waals surface area contributed by atoms with Gasteiger partial charge in [-0.15, -0.1) is 0 Å². The Balaban J connectivity index is 1.72. The Morgan fingerprint density at radius 3 is 2.80 bits per heavy atom. The Bertz CT molecular complexity index is 940. The lowest BCUT2D eigenvalue weighted by molar-refractivity contribution is -0.116. The van der Waals surface area contributed by atoms with Crippen molar-refractivity contribution < 1.29 is 14.6 Å². The molecule has 1 unspecified atom stereocenters. The summed E-state index contributed by atoms with van der Waals surface area (Å²) >= 11 is 0. The lowest BCUT2D eigenvalue weighted by Gasteiger charge is -2.21. The van der Waals surface area contributed by atoms with Gasteiger partial charge in [0, 0.05) is 47.7 Å². The Kier molecular flexibility index (Phi) is 6.76. The molecule has 6 N–H and O–H groups in total. The maximum Gasteiger partial charge on any atom is 0.224 e. The number of aliphatic hydroxyl groups is 1. The number of hydrogen-bond acceptors (Lipinski definition) is 6. The third kappa shape index (κ3) is 5.20. The lowest BCUT2D eigenvalue weighted by Crippen LogP contribution is -2.37. The van der Waals surface area contributed by atoms with Gasteiger partial charge < -0.3 is 31.5 Å². The van der Waals surface area contributed by atoms with Gasteiger partial charge in [-0.2, -0.15) is 0 Å². The quantitative estimate of drug-likeness (QED) is 0.351. The topological polar surface area (TPSA) is 109 Å². The van der Waals surface area contributed by atoms with Gasteiger partial charge >= 0.3 is 0 Å². The van der Waals surface area contributed by atoms with Crippen molar-refractivity contribution in [2.45, 2.75) is 18.9 Å². The molecular weight excluding hydrogens is 380 g/mol. The van der Waals surface area contributed by atoms with Gasteiger partial charge in [-0.3, -0.25) is 4.79 Å². The number of amides is 1. The third-order valence-corrected chi connectivity index (χ3v) is 5.02. The maximum atomic E-state index is 11.5. The van der Waals surface area contributed by atoms with Crippen molar-refractivity contribution in [3.63, 3.8) is 0 Å². The van der Waals surface area contributed by atoms with Gasteiger partial charge in [0.15, 0.2) is 0 Å². The number of ether oxygens (including phenoxy) is 1. The summed E-state index contributed by atoms with van der Waals surface area (Å²) in [5.41, 5.74) is 10.5. The summed E-state index contributed by atoms with van der Waals surface area (Å²) in [7, 11) is 0. The summed E-state index contributed by atoms with van der Waals surface area (Å²) < 4.78 is 5.62. The largest absolute Gasteiger partial charge is 0.508 e. The summed E-state index contributed by atoms with van der Waals surface area (Å²) in [5, 5.41) is 19.3. The number of carbonyl (C=O) groups is 1. The van der Waals surface area contributed by atoms with Crippen LogP contribution < -0.4 is 21.7 Å². The van der Waals surface area contributed by atoms with Crippen molar-refractivity contribution in [2.24, 2.45) is 5.73 Å². The molecule has 0 bridgehead atoms. The minimum absolute atomic E-state index is 0.0260. The molecule has 0 spiro atoms. The fraction of sp³-hybridized carbons (Fsp3) is 0.261. The van der Waals surface area contributed by atoms with Gasteiger partial charge in [0.25, 0.3) is 0 Å². The third-order valence-electron chi connectivity index (χ3n) is 5.02. The second-order valence-corrected chi connectivity index (χ2v) is 7.25. The van der Waals surface area contributed by atoms with E-state index in [0.717, 1.165) is 23.5 Å². The van der Waals surface area contributed by atoms with Gasteiger partial charge in [-0.1, -0.05) is 31.9 Å². The summed E-state index contributed by atoms with van der Waals surface area (Å²) in [5.74, 6) is -0.135. The highest BCUT2D eigenvalue weighted by Crippen LogP contribution is 2.28. The molecule has 7 nitrogen and oxygen atoms in total. The Hall–Kier alpha value is -3.29. The zero-order valence-electron chi connectivity index (χ0n) is 17.0. The fourth-order valence-corrected chi connectivity index (χ4v) is 3.29. The van der Waals surface area contributed by atoms with E-state index in [4.69, 9.17) is 10.5 Å². The minimum atomic E-state index is -0.161. The molecule has 7 heteroatoms. The first-order valence-corrected chi connectivity index (χ1v) is 9.82. The van der Waals surface area contributed by atoms with Crippen molar-refractivity contribution >= 4 is 17.3 Å². The van der Waals surface area contributed by atoms with E-state index in [1.165, 1.54) is 0 Å². The van der Waals surface area contributed by atoms with Crippen LogP contribution in [0.25, 0.3) is 0 Å². The maximum absolute atomic E-state index is 11.5. The molecule has 1 aromatic rings. The van der Waals surface area contributed by atoms with Gasteiger partial charge in [0.1, 0.15) is 5.76 Å². The molecule has 158 valence electrons. The molecule has 2 heterocycles. The van der Waals surface area contributed by atoms with Crippen LogP contribution in [-0.2, 0) is 16.0 Å². The van der Waals surface area contributed by atoms with Crippen molar-refractivity contribution in [1.82, 2.24) is 5.32 Å². The molecule has 1 saturated heterocycles. The van der Waals surface area contributed by atoms with Crippen molar-refractivity contribution in [2.75, 3.05) is 30.3 Å². The first-order chi connectivity index (χ1) is 14.3. The summed E-state index contributed by atoms with van der Waals surface area (Å²) in [6, 6.07) is 5.67. The van der Waals surface area contributed by atoms with Crippen LogP contribution in [-0.4, -0.2) is 36.8 Å². The highest BCUT2D eigenvalue weighted by atomic mass is 16.5. The lowest BCUT2D eigenvalue weighted by atomic mass is 10.0. The summed E-state index contributed by atoms with van der Waals surface area (Å²) in [4.78, 5) is 11.5. The number of morpholine rings is 1. The molecule has 2 aliphatic rings. The first kappa shape index (κ1) is 21.4. The second-order valence-electron chi connectivity index (χ2n) is 7.25. The van der Waals surface area contributed by atoms with Crippen LogP contribution in [0.4, 0.5) is 11.4 Å². The SMILES string of the molecule is C=C(Nc1ccc2c(c1)CCC(=O)N2)C(=C)/C(N)=C(/C=C/C1CNCCO1)C(=C)O. The molecule has 0 radical (unpaired) electrons. The standard InChI is InChI=1S/C23H28N4O3/c1-14(23(24)20(16(3)28)7-6-19-13-25-10-11-30-19)15(2)26-18-5-8-21-17(12-18)4-9-22(29)27-21/h5-8,12,19,25-26,28H,1-4,9-11,13,24H2,(H,27,29)/b7-6+,23-20+. The Morgan fingerprint density at radius 1 is 1.30 bits per heavy atom. The van der Waals surface area contributed by atoms with Crippen LogP contribution in [0.3, 0.4) is 0 Å². The average Bonchev–Trinajstić information content (AvgIpc) is 2.73. The normalized spacial score (nSPS) is 19.5. The monoisotopic (exact) mass is 408 g/mol. The number of aliphatic hydroxyl groups excluding tert-OH is 1. The first-order valence-electron chi connectivity index (χ1n) is 9.82. The van der Waals surface area contributed by atoms with Gasteiger partial charge in [0.05, 0.1) is 18.4 Å². The number of benzene rings is 1. The zero-order chi connectivity index (χ0) is 21.7. The number of nitrogens with one attached hydrogen (secondary N) is 3. The van der Waals surface area contributed by atoms with Crippen LogP contribution in [0.1, 0.15) is 12.0 Å². The predicted octanol–water partition coefficient (Wildman–Crippen LogP) is 2.88. The molecule has 1 fully saturated rings. The molecule has 30 heavy (non-hydrogen) atoms. The number of anilines is 2. The second kappa shape index (κ2) is 9.47. The average molecular weight is 409 g/mol. The van der Waals surface area contributed by atoms with E-state index in [2.05, 4.69) is 35.7 Å². The highest BCUT2D eigenvalue weighted by molar-refractivity contribution is 5.94. The molecular formula is C23H28N4O3. The number of hydrogen-bond donors (Lipinski definition) is 5. The van der Waals surface area contributed by atoms with E-state index in [1.807, 2.05) is 24.3 Å². The highest BCUT2D eigenvalue weighted by Gasteiger charge is 2.16. The number of rotatable bonds is 7. The van der Waals surface area contributed by atoms with Crippen molar-refractivity contribution in [1.29, 1.82) is 0 Å². The van der Waals surface area contributed by atoms with E-state index < -0.39 is 0 Å². The van der Waals surface area contributed by atoms with Crippen molar-refractivity contribution in [3.05, 3.63) is 84.0 Å². The van der Waals surface area contributed by atoms with Crippen LogP contribution >= 0.6 is 0 Å². The smallest absolute Gasteiger partial charge is 0.224 e. The molecule has 3 rings (SSSR count). The van der Waals surface area contributed by atoms with E-state index in [0.29, 0.717) is 42.8 Å². The molecule has 0 aromatic heterocycles. The summed E-state index contributed by atoms with van der Waals surface area (Å²) in [6.45, 7) is 13.8. The van der Waals surface area contributed by atoms with E-state index >= 15 is 0 Å². The molecule has 0 saturated carbocycles. The molecule has 2 aliphatic heterocycles. The fourth-order valence-electron chi connectivity index (χ4n) is 3.29. The summed E-state index contributed by atoms with van der Waals surface area (Å²) in [6.07, 6.45) is 4.57. The number of nitrogens with two attached hydrogens (primary N) is 1. The van der Waals surface area contributed by atoms with E-state index in [-0.39, 0.29) is 23.5 Å². The van der Waals surface area contributed by atoms with Crippen LogP contribution in [0.5, 0.6) is 0 Å². The van der Waals surface area contributed by atoms with Crippen LogP contribution in [0.15, 0.2) is 78.4 Å². The molecule has 1 amide bonds.